The summed E-state index contributed by atoms with van der Waals surface area (Å²) in [6.45, 7) is 2.95. The van der Waals surface area contributed by atoms with Gasteiger partial charge >= 0.3 is 0 Å². The van der Waals surface area contributed by atoms with Crippen LogP contribution in [-0.2, 0) is 11.2 Å². The lowest BCUT2D eigenvalue weighted by molar-refractivity contribution is -0.121. The van der Waals surface area contributed by atoms with Gasteiger partial charge in [-0.15, -0.1) is 0 Å². The molecule has 100 valence electrons. The van der Waals surface area contributed by atoms with Gasteiger partial charge in [-0.2, -0.15) is 0 Å². The summed E-state index contributed by atoms with van der Waals surface area (Å²) in [5.74, 6) is 0.137. The van der Waals surface area contributed by atoms with Crippen molar-refractivity contribution in [3.05, 3.63) is 27.3 Å². The zero-order chi connectivity index (χ0) is 13.4. The summed E-state index contributed by atoms with van der Waals surface area (Å²) in [6.07, 6.45) is 4.75. The predicted octanol–water partition coefficient (Wildman–Crippen LogP) is 3.11. The summed E-state index contributed by atoms with van der Waals surface area (Å²) in [5, 5.41) is 2.95. The quantitative estimate of drug-likeness (QED) is 0.446. The summed E-state index contributed by atoms with van der Waals surface area (Å²) in [4.78, 5) is 11.6. The first kappa shape index (κ1) is 15.3. The minimum atomic E-state index is 0.137. The number of rotatable bonds is 7. The van der Waals surface area contributed by atoms with Crippen LogP contribution in [0.25, 0.3) is 0 Å². The highest BCUT2D eigenvalue weighted by atomic mass is 127. The number of unbranched alkanes of at least 4 members (excludes halogenated alkanes) is 2. The maximum absolute atomic E-state index is 11.6. The number of nitrogens with two attached hydrogens (primary N) is 1. The zero-order valence-corrected chi connectivity index (χ0v) is 13.0. The lowest BCUT2D eigenvalue weighted by atomic mass is 10.1. The molecule has 1 aromatic carbocycles. The highest BCUT2D eigenvalue weighted by molar-refractivity contribution is 14.1. The summed E-state index contributed by atoms with van der Waals surface area (Å²) in [5.41, 5.74) is 7.71. The van der Waals surface area contributed by atoms with Crippen molar-refractivity contribution in [3.8, 4) is 0 Å². The van der Waals surface area contributed by atoms with Crippen molar-refractivity contribution in [2.45, 2.75) is 39.0 Å². The normalized spacial score (nSPS) is 10.3. The second-order valence-corrected chi connectivity index (χ2v) is 5.58. The van der Waals surface area contributed by atoms with E-state index < -0.39 is 0 Å². The Morgan fingerprint density at radius 1 is 1.39 bits per heavy atom. The Balaban J connectivity index is 2.27. The van der Waals surface area contributed by atoms with Crippen LogP contribution in [0.1, 0.15) is 38.2 Å². The van der Waals surface area contributed by atoms with Crippen LogP contribution in [0.4, 0.5) is 5.69 Å². The van der Waals surface area contributed by atoms with Gasteiger partial charge in [0.25, 0.3) is 0 Å². The Hall–Kier alpha value is -0.780. The molecule has 0 radical (unpaired) electrons. The van der Waals surface area contributed by atoms with Gasteiger partial charge in [0, 0.05) is 22.2 Å². The van der Waals surface area contributed by atoms with Gasteiger partial charge in [0.2, 0.25) is 5.91 Å². The van der Waals surface area contributed by atoms with Gasteiger partial charge in [-0.25, -0.2) is 0 Å². The number of benzene rings is 1. The first-order valence-corrected chi connectivity index (χ1v) is 7.52. The predicted molar refractivity (Wildman–Crippen MR) is 84.4 cm³/mol. The number of nitrogens with one attached hydrogen (secondary N) is 1. The molecular formula is C14H21IN2O. The largest absolute Gasteiger partial charge is 0.398 e. The Labute approximate surface area is 123 Å². The Bertz CT molecular complexity index is 393. The van der Waals surface area contributed by atoms with Crippen LogP contribution in [-0.4, -0.2) is 12.5 Å². The standard InChI is InChI=1S/C14H21IN2O/c1-2-3-4-9-17-14(18)8-6-11-5-7-13(16)12(15)10-11/h5,7,10H,2-4,6,8-9,16H2,1H3,(H,17,18). The second-order valence-electron chi connectivity index (χ2n) is 4.41. The van der Waals surface area contributed by atoms with Crippen LogP contribution in [0.3, 0.4) is 0 Å². The molecule has 0 aliphatic carbocycles. The number of amides is 1. The van der Waals surface area contributed by atoms with Crippen molar-refractivity contribution in [2.75, 3.05) is 12.3 Å². The average molecular weight is 360 g/mol. The van der Waals surface area contributed by atoms with E-state index in [9.17, 15) is 4.79 Å². The van der Waals surface area contributed by atoms with Crippen molar-refractivity contribution in [1.29, 1.82) is 0 Å². The third-order valence-electron chi connectivity index (χ3n) is 2.81. The lowest BCUT2D eigenvalue weighted by Gasteiger charge is -2.06. The fraction of sp³-hybridized carbons (Fsp3) is 0.500. The Morgan fingerprint density at radius 3 is 2.83 bits per heavy atom. The topological polar surface area (TPSA) is 55.1 Å². The molecule has 0 saturated carbocycles. The number of anilines is 1. The molecule has 0 atom stereocenters. The molecule has 4 heteroatoms. The number of carbonyl (C=O) groups is 1. The Morgan fingerprint density at radius 2 is 2.17 bits per heavy atom. The molecule has 1 rings (SSSR count). The van der Waals surface area contributed by atoms with E-state index in [0.717, 1.165) is 34.2 Å². The molecule has 3 nitrogen and oxygen atoms in total. The van der Waals surface area contributed by atoms with Crippen LogP contribution in [0.2, 0.25) is 0 Å². The van der Waals surface area contributed by atoms with Crippen LogP contribution < -0.4 is 11.1 Å². The van der Waals surface area contributed by atoms with E-state index in [1.165, 1.54) is 12.8 Å². The third kappa shape index (κ3) is 5.71. The second kappa shape index (κ2) is 8.34. The van der Waals surface area contributed by atoms with E-state index in [4.69, 9.17) is 5.73 Å². The molecule has 3 N–H and O–H groups in total. The van der Waals surface area contributed by atoms with Crippen LogP contribution in [0.5, 0.6) is 0 Å². The number of aryl methyl sites for hydroxylation is 1. The Kier molecular flexibility index (Phi) is 7.08. The first-order valence-electron chi connectivity index (χ1n) is 6.44. The number of halogens is 1. The molecule has 0 aromatic heterocycles. The van der Waals surface area contributed by atoms with Crippen molar-refractivity contribution in [2.24, 2.45) is 0 Å². The highest BCUT2D eigenvalue weighted by Crippen LogP contribution is 2.17. The van der Waals surface area contributed by atoms with E-state index in [1.807, 2.05) is 18.2 Å². The maximum atomic E-state index is 11.6. The summed E-state index contributed by atoms with van der Waals surface area (Å²) in [7, 11) is 0. The number of nitrogen functional groups attached to an aromatic ring is 1. The fourth-order valence-corrected chi connectivity index (χ4v) is 2.25. The first-order chi connectivity index (χ1) is 8.63. The number of hydrogen-bond acceptors (Lipinski definition) is 2. The molecule has 0 bridgehead atoms. The minimum absolute atomic E-state index is 0.137. The molecule has 0 unspecified atom stereocenters. The minimum Gasteiger partial charge on any atom is -0.398 e. The summed E-state index contributed by atoms with van der Waals surface area (Å²) >= 11 is 2.21. The molecule has 18 heavy (non-hydrogen) atoms. The van der Waals surface area contributed by atoms with E-state index >= 15 is 0 Å². The van der Waals surface area contributed by atoms with Crippen LogP contribution in [0.15, 0.2) is 18.2 Å². The molecule has 0 spiro atoms. The van der Waals surface area contributed by atoms with Crippen LogP contribution in [0, 0.1) is 3.57 Å². The smallest absolute Gasteiger partial charge is 0.220 e. The molecule has 0 fully saturated rings. The van der Waals surface area contributed by atoms with Gasteiger partial charge in [0.1, 0.15) is 0 Å². The third-order valence-corrected chi connectivity index (χ3v) is 3.74. The molecule has 0 heterocycles. The van der Waals surface area contributed by atoms with E-state index in [2.05, 4.69) is 34.8 Å². The lowest BCUT2D eigenvalue weighted by Crippen LogP contribution is -2.24. The van der Waals surface area contributed by atoms with E-state index in [-0.39, 0.29) is 5.91 Å². The van der Waals surface area contributed by atoms with Gasteiger partial charge in [-0.1, -0.05) is 25.8 Å². The number of carbonyl (C=O) groups excluding carboxylic acids is 1. The molecular weight excluding hydrogens is 339 g/mol. The molecule has 0 aliphatic rings. The van der Waals surface area contributed by atoms with Crippen molar-refractivity contribution < 1.29 is 4.79 Å². The van der Waals surface area contributed by atoms with E-state index in [1.54, 1.807) is 0 Å². The van der Waals surface area contributed by atoms with E-state index in [0.29, 0.717) is 6.42 Å². The average Bonchev–Trinajstić information content (AvgIpc) is 2.36. The monoisotopic (exact) mass is 360 g/mol. The molecule has 1 aromatic rings. The highest BCUT2D eigenvalue weighted by Gasteiger charge is 2.03. The SMILES string of the molecule is CCCCCNC(=O)CCc1ccc(N)c(I)c1. The van der Waals surface area contributed by atoms with Crippen molar-refractivity contribution in [3.63, 3.8) is 0 Å². The zero-order valence-electron chi connectivity index (χ0n) is 10.8. The fourth-order valence-electron chi connectivity index (χ4n) is 1.68. The summed E-state index contributed by atoms with van der Waals surface area (Å²) < 4.78 is 1.05. The van der Waals surface area contributed by atoms with Gasteiger partial charge in [0.05, 0.1) is 0 Å². The summed E-state index contributed by atoms with van der Waals surface area (Å²) in [6, 6.07) is 5.93. The maximum Gasteiger partial charge on any atom is 0.220 e. The van der Waals surface area contributed by atoms with Gasteiger partial charge < -0.3 is 11.1 Å². The van der Waals surface area contributed by atoms with Gasteiger partial charge in [-0.3, -0.25) is 4.79 Å². The van der Waals surface area contributed by atoms with Crippen LogP contribution >= 0.6 is 22.6 Å². The number of hydrogen-bond donors (Lipinski definition) is 2. The van der Waals surface area contributed by atoms with Gasteiger partial charge in [-0.05, 0) is 53.1 Å². The molecule has 0 aliphatic heterocycles. The molecule has 0 saturated heterocycles. The van der Waals surface area contributed by atoms with Gasteiger partial charge in [0.15, 0.2) is 0 Å². The molecule has 1 amide bonds. The van der Waals surface area contributed by atoms with Crippen molar-refractivity contribution >= 4 is 34.2 Å². The van der Waals surface area contributed by atoms with Crippen molar-refractivity contribution in [1.82, 2.24) is 5.32 Å².